The predicted molar refractivity (Wildman–Crippen MR) is 65.0 cm³/mol. The smallest absolute Gasteiger partial charge is 0.312 e. The van der Waals surface area contributed by atoms with Crippen molar-refractivity contribution in [2.24, 2.45) is 0 Å². The fraction of sp³-hybridized carbons (Fsp3) is 0.500. The van der Waals surface area contributed by atoms with E-state index in [9.17, 15) is 10.1 Å². The first-order chi connectivity index (χ1) is 8.09. The van der Waals surface area contributed by atoms with Crippen LogP contribution >= 0.6 is 0 Å². The van der Waals surface area contributed by atoms with Crippen LogP contribution in [0.5, 0.6) is 0 Å². The van der Waals surface area contributed by atoms with E-state index in [0.29, 0.717) is 5.69 Å². The van der Waals surface area contributed by atoms with Crippen molar-refractivity contribution in [1.82, 2.24) is 9.88 Å². The summed E-state index contributed by atoms with van der Waals surface area (Å²) >= 11 is 0. The van der Waals surface area contributed by atoms with Gasteiger partial charge in [-0.15, -0.1) is 0 Å². The zero-order chi connectivity index (χ0) is 12.4. The van der Waals surface area contributed by atoms with Crippen molar-refractivity contribution in [2.75, 3.05) is 43.9 Å². The molecule has 0 spiro atoms. The number of nitrogen functional groups attached to an aromatic ring is 1. The van der Waals surface area contributed by atoms with Crippen molar-refractivity contribution < 1.29 is 4.92 Å². The number of nitrogens with two attached hydrogens (primary N) is 1. The van der Waals surface area contributed by atoms with Gasteiger partial charge in [0.2, 0.25) is 0 Å². The van der Waals surface area contributed by atoms with Crippen LogP contribution in [0, 0.1) is 10.1 Å². The summed E-state index contributed by atoms with van der Waals surface area (Å²) in [4.78, 5) is 18.4. The maximum Gasteiger partial charge on any atom is 0.312 e. The molecule has 17 heavy (non-hydrogen) atoms. The third-order valence-corrected chi connectivity index (χ3v) is 2.99. The second-order valence-electron chi connectivity index (χ2n) is 4.14. The van der Waals surface area contributed by atoms with Gasteiger partial charge in [-0.25, -0.2) is 0 Å². The second kappa shape index (κ2) is 4.54. The van der Waals surface area contributed by atoms with Crippen molar-refractivity contribution in [2.45, 2.75) is 0 Å². The molecule has 2 N–H and O–H groups in total. The van der Waals surface area contributed by atoms with E-state index in [4.69, 9.17) is 5.73 Å². The van der Waals surface area contributed by atoms with Crippen LogP contribution in [0.1, 0.15) is 0 Å². The van der Waals surface area contributed by atoms with Gasteiger partial charge in [-0.2, -0.15) is 0 Å². The van der Waals surface area contributed by atoms with E-state index in [2.05, 4.69) is 9.88 Å². The number of aromatic nitrogens is 1. The number of pyridine rings is 1. The van der Waals surface area contributed by atoms with Crippen LogP contribution < -0.4 is 10.6 Å². The summed E-state index contributed by atoms with van der Waals surface area (Å²) in [5.74, 6) is 0. The lowest BCUT2D eigenvalue weighted by molar-refractivity contribution is -0.384. The lowest BCUT2D eigenvalue weighted by atomic mass is 10.2. The third kappa shape index (κ3) is 2.28. The van der Waals surface area contributed by atoms with Gasteiger partial charge in [-0.3, -0.25) is 15.1 Å². The molecular weight excluding hydrogens is 222 g/mol. The van der Waals surface area contributed by atoms with Crippen molar-refractivity contribution in [3.05, 3.63) is 22.5 Å². The molecule has 2 rings (SSSR count). The lowest BCUT2D eigenvalue weighted by Gasteiger charge is -2.34. The van der Waals surface area contributed by atoms with E-state index in [1.165, 1.54) is 6.20 Å². The molecule has 1 fully saturated rings. The molecule has 0 amide bonds. The Kier molecular flexibility index (Phi) is 3.10. The number of rotatable bonds is 2. The van der Waals surface area contributed by atoms with E-state index >= 15 is 0 Å². The van der Waals surface area contributed by atoms with E-state index in [1.807, 2.05) is 11.9 Å². The monoisotopic (exact) mass is 237 g/mol. The van der Waals surface area contributed by atoms with E-state index in [-0.39, 0.29) is 11.4 Å². The molecule has 2 heterocycles. The first-order valence-corrected chi connectivity index (χ1v) is 5.41. The quantitative estimate of drug-likeness (QED) is 0.588. The van der Waals surface area contributed by atoms with Gasteiger partial charge in [-0.05, 0) is 7.05 Å². The summed E-state index contributed by atoms with van der Waals surface area (Å²) in [5.41, 5.74) is 6.55. The molecule has 92 valence electrons. The van der Waals surface area contributed by atoms with Crippen LogP contribution in [-0.2, 0) is 0 Å². The molecule has 0 unspecified atom stereocenters. The van der Waals surface area contributed by atoms with Crippen LogP contribution in [0.2, 0.25) is 0 Å². The normalized spacial score (nSPS) is 17.1. The number of nitro groups is 1. The first kappa shape index (κ1) is 11.6. The van der Waals surface area contributed by atoms with Gasteiger partial charge in [0.05, 0.1) is 16.8 Å². The molecule has 1 aliphatic heterocycles. The molecule has 0 saturated carbocycles. The molecule has 7 heteroatoms. The van der Waals surface area contributed by atoms with Crippen LogP contribution in [0.3, 0.4) is 0 Å². The highest BCUT2D eigenvalue weighted by molar-refractivity contribution is 5.75. The van der Waals surface area contributed by atoms with Gasteiger partial charge in [0.15, 0.2) is 0 Å². The Hall–Kier alpha value is -1.89. The zero-order valence-electron chi connectivity index (χ0n) is 9.67. The average Bonchev–Trinajstić information content (AvgIpc) is 2.30. The Bertz CT molecular complexity index is 429. The van der Waals surface area contributed by atoms with Crippen molar-refractivity contribution >= 4 is 17.1 Å². The Balaban J connectivity index is 2.27. The van der Waals surface area contributed by atoms with Gasteiger partial charge in [0.25, 0.3) is 0 Å². The van der Waals surface area contributed by atoms with Crippen LogP contribution in [0.4, 0.5) is 17.1 Å². The molecule has 1 saturated heterocycles. The first-order valence-electron chi connectivity index (χ1n) is 5.41. The molecule has 0 aliphatic carbocycles. The summed E-state index contributed by atoms with van der Waals surface area (Å²) in [6.45, 7) is 3.46. The SMILES string of the molecule is CN1CCN(c2cncc([N+](=O)[O-])c2N)CC1. The van der Waals surface area contributed by atoms with Crippen molar-refractivity contribution in [3.63, 3.8) is 0 Å². The number of piperazine rings is 1. The summed E-state index contributed by atoms with van der Waals surface area (Å²) in [6.07, 6.45) is 2.78. The molecule has 1 aromatic heterocycles. The van der Waals surface area contributed by atoms with Gasteiger partial charge in [-0.1, -0.05) is 0 Å². The minimum atomic E-state index is -0.498. The summed E-state index contributed by atoms with van der Waals surface area (Å²) in [7, 11) is 2.05. The maximum atomic E-state index is 10.8. The largest absolute Gasteiger partial charge is 0.391 e. The van der Waals surface area contributed by atoms with E-state index < -0.39 is 4.92 Å². The molecule has 0 bridgehead atoms. The topological polar surface area (TPSA) is 88.5 Å². The number of anilines is 2. The second-order valence-corrected chi connectivity index (χ2v) is 4.14. The fourth-order valence-electron chi connectivity index (χ4n) is 1.89. The van der Waals surface area contributed by atoms with Crippen molar-refractivity contribution in [1.29, 1.82) is 0 Å². The molecule has 0 aromatic carbocycles. The minimum absolute atomic E-state index is 0.124. The van der Waals surface area contributed by atoms with Crippen LogP contribution in [0.15, 0.2) is 12.4 Å². The van der Waals surface area contributed by atoms with E-state index in [0.717, 1.165) is 26.2 Å². The Labute approximate surface area is 99.0 Å². The van der Waals surface area contributed by atoms with Gasteiger partial charge < -0.3 is 15.5 Å². The van der Waals surface area contributed by atoms with Gasteiger partial charge in [0, 0.05) is 26.2 Å². The minimum Gasteiger partial charge on any atom is -0.391 e. The Morgan fingerprint density at radius 2 is 2.00 bits per heavy atom. The highest BCUT2D eigenvalue weighted by atomic mass is 16.6. The summed E-state index contributed by atoms with van der Waals surface area (Å²) < 4.78 is 0. The van der Waals surface area contributed by atoms with Crippen LogP contribution in [0.25, 0.3) is 0 Å². The maximum absolute atomic E-state index is 10.8. The standard InChI is InChI=1S/C10H15N5O2/c1-13-2-4-14(5-3-13)8-6-12-7-9(10(8)11)15(16)17/h6-7H,2-5H2,1H3,(H2,11,12). The molecule has 0 radical (unpaired) electrons. The third-order valence-electron chi connectivity index (χ3n) is 2.99. The van der Waals surface area contributed by atoms with Crippen LogP contribution in [-0.4, -0.2) is 48.0 Å². The predicted octanol–water partition coefficient (Wildman–Crippen LogP) is 0.324. The Morgan fingerprint density at radius 1 is 1.35 bits per heavy atom. The van der Waals surface area contributed by atoms with Crippen molar-refractivity contribution in [3.8, 4) is 0 Å². The summed E-state index contributed by atoms with van der Waals surface area (Å²) in [5, 5.41) is 10.8. The molecule has 1 aliphatic rings. The fourth-order valence-corrected chi connectivity index (χ4v) is 1.89. The number of hydrogen-bond donors (Lipinski definition) is 1. The molecule has 0 atom stereocenters. The molecule has 7 nitrogen and oxygen atoms in total. The Morgan fingerprint density at radius 3 is 2.59 bits per heavy atom. The van der Waals surface area contributed by atoms with E-state index in [1.54, 1.807) is 6.20 Å². The number of likely N-dealkylation sites (N-methyl/N-ethyl adjacent to an activating group) is 1. The number of nitrogens with zero attached hydrogens (tertiary/aromatic N) is 4. The molecular formula is C10H15N5O2. The lowest BCUT2D eigenvalue weighted by Crippen LogP contribution is -2.44. The highest BCUT2D eigenvalue weighted by Gasteiger charge is 2.21. The highest BCUT2D eigenvalue weighted by Crippen LogP contribution is 2.30. The average molecular weight is 237 g/mol. The summed E-state index contributed by atoms with van der Waals surface area (Å²) in [6, 6.07) is 0. The number of hydrogen-bond acceptors (Lipinski definition) is 6. The molecule has 1 aromatic rings. The van der Waals surface area contributed by atoms with Gasteiger partial charge >= 0.3 is 5.69 Å². The van der Waals surface area contributed by atoms with Gasteiger partial charge in [0.1, 0.15) is 11.9 Å². The zero-order valence-corrected chi connectivity index (χ0v) is 9.67.